The van der Waals surface area contributed by atoms with Gasteiger partial charge in [0.2, 0.25) is 0 Å². The van der Waals surface area contributed by atoms with E-state index in [1.807, 2.05) is 24.3 Å². The molecule has 4 aromatic rings. The first-order chi connectivity index (χ1) is 18.8. The maximum atomic E-state index is 11.1. The van der Waals surface area contributed by atoms with Crippen molar-refractivity contribution in [1.82, 2.24) is 0 Å². The molecule has 0 radical (unpaired) electrons. The molecule has 0 amide bonds. The van der Waals surface area contributed by atoms with Gasteiger partial charge in [-0.05, 0) is 125 Å². The average Bonchev–Trinajstić information content (AvgIpc) is 2.87. The van der Waals surface area contributed by atoms with E-state index < -0.39 is 11.8 Å². The summed E-state index contributed by atoms with van der Waals surface area (Å²) in [6.07, 6.45) is 0.843. The summed E-state index contributed by atoms with van der Waals surface area (Å²) in [7, 11) is 0. The van der Waals surface area contributed by atoms with Crippen LogP contribution in [-0.4, -0.2) is 20.4 Å². The standard InChI is InChI=1S/C28H18Br8O4/c29-11-3-17(25(37)21(33)7-11)15(18-4-12(30)8-22(34)26(18)38)1-2-16(19-5-13(31)9-23(35)27(19)39)20-6-14(32)10-24(36)28(20)40/h3-10,15-16,37-40H,1-2H2. The van der Waals surface area contributed by atoms with E-state index in [0.717, 1.165) is 17.9 Å². The van der Waals surface area contributed by atoms with Gasteiger partial charge in [0.05, 0.1) is 17.9 Å². The van der Waals surface area contributed by atoms with Crippen molar-refractivity contribution in [2.75, 3.05) is 0 Å². The molecule has 12 heteroatoms. The van der Waals surface area contributed by atoms with E-state index in [-0.39, 0.29) is 23.0 Å². The van der Waals surface area contributed by atoms with Crippen molar-refractivity contribution < 1.29 is 20.4 Å². The molecule has 4 nitrogen and oxygen atoms in total. The molecule has 0 bridgehead atoms. The zero-order chi connectivity index (χ0) is 29.5. The molecular formula is C28H18Br8O4. The Morgan fingerprint density at radius 1 is 0.375 bits per heavy atom. The van der Waals surface area contributed by atoms with E-state index in [1.165, 1.54) is 0 Å². The van der Waals surface area contributed by atoms with Gasteiger partial charge in [-0.15, -0.1) is 0 Å². The fourth-order valence-corrected chi connectivity index (χ4v) is 9.73. The van der Waals surface area contributed by atoms with Gasteiger partial charge < -0.3 is 20.4 Å². The van der Waals surface area contributed by atoms with Gasteiger partial charge in [-0.3, -0.25) is 0 Å². The van der Waals surface area contributed by atoms with Crippen LogP contribution in [0.5, 0.6) is 23.0 Å². The molecule has 40 heavy (non-hydrogen) atoms. The van der Waals surface area contributed by atoms with Crippen LogP contribution < -0.4 is 0 Å². The Morgan fingerprint density at radius 3 is 0.775 bits per heavy atom. The molecule has 210 valence electrons. The number of halogens is 8. The zero-order valence-electron chi connectivity index (χ0n) is 20.0. The molecular weight excluding hydrogens is 1040 g/mol. The molecule has 0 unspecified atom stereocenters. The van der Waals surface area contributed by atoms with Crippen molar-refractivity contribution in [3.63, 3.8) is 0 Å². The Morgan fingerprint density at radius 2 is 0.575 bits per heavy atom. The maximum absolute atomic E-state index is 11.1. The highest BCUT2D eigenvalue weighted by Gasteiger charge is 2.29. The molecule has 0 aliphatic carbocycles. The summed E-state index contributed by atoms with van der Waals surface area (Å²) in [6, 6.07) is 14.3. The Bertz CT molecular complexity index is 1370. The van der Waals surface area contributed by atoms with Gasteiger partial charge in [0.25, 0.3) is 0 Å². The van der Waals surface area contributed by atoms with Crippen molar-refractivity contribution >= 4 is 127 Å². The smallest absolute Gasteiger partial charge is 0.133 e. The van der Waals surface area contributed by atoms with E-state index >= 15 is 0 Å². The highest BCUT2D eigenvalue weighted by atomic mass is 79.9. The van der Waals surface area contributed by atoms with Crippen LogP contribution in [0.4, 0.5) is 0 Å². The molecule has 0 aromatic heterocycles. The minimum Gasteiger partial charge on any atom is -0.506 e. The minimum atomic E-state index is -0.472. The quantitative estimate of drug-likeness (QED) is 0.149. The fourth-order valence-electron chi connectivity index (χ4n) is 4.70. The largest absolute Gasteiger partial charge is 0.506 e. The molecule has 4 rings (SSSR count). The third-order valence-electron chi connectivity index (χ3n) is 6.48. The second-order valence-electron chi connectivity index (χ2n) is 8.98. The van der Waals surface area contributed by atoms with Gasteiger partial charge in [0.1, 0.15) is 23.0 Å². The first-order valence-electron chi connectivity index (χ1n) is 11.5. The molecule has 4 aromatic carbocycles. The van der Waals surface area contributed by atoms with E-state index in [9.17, 15) is 20.4 Å². The molecule has 0 heterocycles. The van der Waals surface area contributed by atoms with Crippen LogP contribution in [0.15, 0.2) is 84.3 Å². The highest BCUT2D eigenvalue weighted by molar-refractivity contribution is 9.12. The summed E-state index contributed by atoms with van der Waals surface area (Å²) in [4.78, 5) is 0. The van der Waals surface area contributed by atoms with Gasteiger partial charge >= 0.3 is 0 Å². The van der Waals surface area contributed by atoms with Crippen molar-refractivity contribution in [1.29, 1.82) is 0 Å². The van der Waals surface area contributed by atoms with Crippen LogP contribution in [0, 0.1) is 0 Å². The minimum absolute atomic E-state index is 0.0568. The lowest BCUT2D eigenvalue weighted by atomic mass is 9.80. The zero-order valence-corrected chi connectivity index (χ0v) is 32.7. The molecule has 0 fully saturated rings. The van der Waals surface area contributed by atoms with Crippen LogP contribution in [0.2, 0.25) is 0 Å². The number of hydrogen-bond acceptors (Lipinski definition) is 4. The molecule has 0 spiro atoms. The van der Waals surface area contributed by atoms with E-state index in [4.69, 9.17) is 0 Å². The molecule has 0 saturated carbocycles. The van der Waals surface area contributed by atoms with Crippen molar-refractivity contribution in [3.05, 3.63) is 107 Å². The average molecular weight is 1060 g/mol. The predicted octanol–water partition coefficient (Wildman–Crippen LogP) is 12.4. The lowest BCUT2D eigenvalue weighted by Crippen LogP contribution is -2.09. The lowest BCUT2D eigenvalue weighted by Gasteiger charge is -2.26. The summed E-state index contributed by atoms with van der Waals surface area (Å²) in [5.41, 5.74) is 2.39. The topological polar surface area (TPSA) is 80.9 Å². The number of hydrogen-bond donors (Lipinski definition) is 4. The number of rotatable bonds is 7. The van der Waals surface area contributed by atoms with Crippen LogP contribution in [-0.2, 0) is 0 Å². The second-order valence-corrected chi connectivity index (χ2v) is 16.1. The van der Waals surface area contributed by atoms with Gasteiger partial charge in [-0.25, -0.2) is 0 Å². The summed E-state index contributed by atoms with van der Waals surface area (Å²) in [6.45, 7) is 0. The molecule has 4 N–H and O–H groups in total. The van der Waals surface area contributed by atoms with Crippen LogP contribution in [0.3, 0.4) is 0 Å². The lowest BCUT2D eigenvalue weighted by molar-refractivity contribution is 0.433. The van der Waals surface area contributed by atoms with Crippen molar-refractivity contribution in [2.45, 2.75) is 24.7 Å². The third kappa shape index (κ3) is 7.17. The summed E-state index contributed by atoms with van der Waals surface area (Å²) in [5.74, 6) is -0.716. The van der Waals surface area contributed by atoms with E-state index in [2.05, 4.69) is 127 Å². The Kier molecular flexibility index (Phi) is 11.2. The van der Waals surface area contributed by atoms with Crippen molar-refractivity contribution in [2.24, 2.45) is 0 Å². The monoisotopic (exact) mass is 1050 g/mol. The fraction of sp³-hybridized carbons (Fsp3) is 0.143. The van der Waals surface area contributed by atoms with Crippen LogP contribution in [0.25, 0.3) is 0 Å². The second kappa shape index (κ2) is 13.7. The van der Waals surface area contributed by atoms with E-state index in [1.54, 1.807) is 24.3 Å². The number of phenolic OH excluding ortho intramolecular Hbond substituents is 4. The first kappa shape index (κ1) is 32.8. The predicted molar refractivity (Wildman–Crippen MR) is 187 cm³/mol. The summed E-state index contributed by atoms with van der Waals surface area (Å²) >= 11 is 27.9. The Labute approximate surface area is 298 Å². The van der Waals surface area contributed by atoms with Crippen LogP contribution in [0.1, 0.15) is 46.9 Å². The first-order valence-corrected chi connectivity index (χ1v) is 17.8. The molecule has 0 aliphatic rings. The van der Waals surface area contributed by atoms with Gasteiger partial charge in [0, 0.05) is 52.0 Å². The van der Waals surface area contributed by atoms with Crippen LogP contribution >= 0.6 is 127 Å². The molecule has 0 atom stereocenters. The number of aromatic hydroxyl groups is 4. The summed E-state index contributed by atoms with van der Waals surface area (Å²) in [5, 5.41) is 44.6. The maximum Gasteiger partial charge on any atom is 0.133 e. The highest BCUT2D eigenvalue weighted by Crippen LogP contribution is 2.50. The summed E-state index contributed by atoms with van der Waals surface area (Å²) < 4.78 is 5.05. The third-order valence-corrected chi connectivity index (χ3v) is 10.7. The Hall–Kier alpha value is -0.0800. The number of benzene rings is 4. The molecule has 0 saturated heterocycles. The molecule has 0 aliphatic heterocycles. The van der Waals surface area contributed by atoms with Gasteiger partial charge in [-0.2, -0.15) is 0 Å². The van der Waals surface area contributed by atoms with Gasteiger partial charge in [-0.1, -0.05) is 63.7 Å². The number of phenols is 4. The normalized spacial score (nSPS) is 11.6. The van der Waals surface area contributed by atoms with Gasteiger partial charge in [0.15, 0.2) is 0 Å². The van der Waals surface area contributed by atoms with Crippen molar-refractivity contribution in [3.8, 4) is 23.0 Å². The van der Waals surface area contributed by atoms with E-state index in [0.29, 0.717) is 53.0 Å². The SMILES string of the molecule is Oc1c(Br)cc(Br)cc1C(CCC(c1cc(Br)cc(Br)c1O)c1cc(Br)cc(Br)c1O)c1cc(Br)cc(Br)c1O. The Balaban J connectivity index is 1.92.